The van der Waals surface area contributed by atoms with E-state index in [1.165, 1.54) is 48.6 Å². The van der Waals surface area contributed by atoms with Gasteiger partial charge in [0, 0.05) is 18.7 Å². The van der Waals surface area contributed by atoms with Crippen LogP contribution in [-0.2, 0) is 14.4 Å². The Kier molecular flexibility index (Phi) is 7.62. The van der Waals surface area contributed by atoms with E-state index >= 15 is 0 Å². The molecule has 162 valence electrons. The number of aromatic hydroxyl groups is 4. The molecular weight excluding hydrogens is 408 g/mol. The smallest absolute Gasteiger partial charge is 0.328 e. The highest BCUT2D eigenvalue weighted by Crippen LogP contribution is 2.26. The standard InChI is InChI=1S/C21H20N2O8/c24-15-5-1-12(9-17(15)26)3-7-19(28)22-11-14(21(30)31)23-20(29)8-4-13-2-6-16(25)18(27)10-13/h1-10,14,24-27H,11H2,(H,22,28)(H,23,29)(H,30,31). The number of phenolic OH excluding ortho intramolecular Hbond substituents is 4. The van der Waals surface area contributed by atoms with Gasteiger partial charge in [0.25, 0.3) is 0 Å². The Hall–Kier alpha value is -4.47. The second-order valence-electron chi connectivity index (χ2n) is 6.31. The van der Waals surface area contributed by atoms with Crippen molar-refractivity contribution in [1.82, 2.24) is 10.6 Å². The number of nitrogens with one attached hydrogen (secondary N) is 2. The summed E-state index contributed by atoms with van der Waals surface area (Å²) in [5.41, 5.74) is 0.829. The summed E-state index contributed by atoms with van der Waals surface area (Å²) in [6.07, 6.45) is 4.80. The molecule has 0 saturated heterocycles. The Morgan fingerprint density at radius 1 is 0.774 bits per heavy atom. The number of hydrogen-bond donors (Lipinski definition) is 7. The zero-order chi connectivity index (χ0) is 23.0. The molecule has 2 aromatic carbocycles. The Bertz CT molecular complexity index is 1050. The van der Waals surface area contributed by atoms with Gasteiger partial charge >= 0.3 is 5.97 Å². The predicted octanol–water partition coefficient (Wildman–Crippen LogP) is 0.921. The van der Waals surface area contributed by atoms with Gasteiger partial charge in [0.2, 0.25) is 11.8 Å². The van der Waals surface area contributed by atoms with Crippen LogP contribution in [0, 0.1) is 0 Å². The largest absolute Gasteiger partial charge is 0.504 e. The topological polar surface area (TPSA) is 176 Å². The van der Waals surface area contributed by atoms with Gasteiger partial charge in [-0.2, -0.15) is 0 Å². The molecule has 0 saturated carbocycles. The monoisotopic (exact) mass is 428 g/mol. The number of rotatable bonds is 8. The van der Waals surface area contributed by atoms with Crippen molar-refractivity contribution < 1.29 is 39.9 Å². The van der Waals surface area contributed by atoms with Crippen molar-refractivity contribution in [2.24, 2.45) is 0 Å². The first kappa shape index (κ1) is 22.8. The van der Waals surface area contributed by atoms with Crippen molar-refractivity contribution in [2.45, 2.75) is 6.04 Å². The van der Waals surface area contributed by atoms with Crippen LogP contribution in [0.15, 0.2) is 48.6 Å². The summed E-state index contributed by atoms with van der Waals surface area (Å²) in [7, 11) is 0. The van der Waals surface area contributed by atoms with Crippen molar-refractivity contribution >= 4 is 29.9 Å². The fourth-order valence-electron chi connectivity index (χ4n) is 2.31. The molecule has 0 spiro atoms. The van der Waals surface area contributed by atoms with E-state index in [4.69, 9.17) is 0 Å². The van der Waals surface area contributed by atoms with Gasteiger partial charge in [-0.1, -0.05) is 12.1 Å². The van der Waals surface area contributed by atoms with Crippen LogP contribution in [0.25, 0.3) is 12.2 Å². The van der Waals surface area contributed by atoms with E-state index in [-0.39, 0.29) is 29.5 Å². The average Bonchev–Trinajstić information content (AvgIpc) is 2.72. The number of carboxylic acids is 1. The maximum absolute atomic E-state index is 12.0. The van der Waals surface area contributed by atoms with Crippen molar-refractivity contribution in [1.29, 1.82) is 0 Å². The summed E-state index contributed by atoms with van der Waals surface area (Å²) >= 11 is 0. The van der Waals surface area contributed by atoms with Crippen molar-refractivity contribution in [2.75, 3.05) is 6.54 Å². The Morgan fingerprint density at radius 2 is 1.26 bits per heavy atom. The summed E-state index contributed by atoms with van der Waals surface area (Å²) in [5.74, 6) is -4.10. The highest BCUT2D eigenvalue weighted by molar-refractivity contribution is 5.95. The molecule has 2 aromatic rings. The van der Waals surface area contributed by atoms with Crippen LogP contribution in [0.3, 0.4) is 0 Å². The third-order valence-corrected chi connectivity index (χ3v) is 3.95. The molecule has 0 heterocycles. The van der Waals surface area contributed by atoms with Crippen LogP contribution in [-0.4, -0.2) is 55.9 Å². The molecule has 31 heavy (non-hydrogen) atoms. The van der Waals surface area contributed by atoms with E-state index in [0.29, 0.717) is 11.1 Å². The van der Waals surface area contributed by atoms with Crippen LogP contribution >= 0.6 is 0 Å². The molecule has 10 heteroatoms. The van der Waals surface area contributed by atoms with Crippen molar-refractivity contribution in [3.8, 4) is 23.0 Å². The van der Waals surface area contributed by atoms with Gasteiger partial charge in [0.15, 0.2) is 23.0 Å². The van der Waals surface area contributed by atoms with E-state index in [1.807, 2.05) is 0 Å². The second-order valence-corrected chi connectivity index (χ2v) is 6.31. The minimum atomic E-state index is -1.40. The minimum Gasteiger partial charge on any atom is -0.504 e. The number of amides is 2. The number of hydrogen-bond acceptors (Lipinski definition) is 7. The molecule has 10 nitrogen and oxygen atoms in total. The molecule has 7 N–H and O–H groups in total. The minimum absolute atomic E-state index is 0.307. The molecular formula is C21H20N2O8. The zero-order valence-corrected chi connectivity index (χ0v) is 16.0. The normalized spacial score (nSPS) is 12.0. The van der Waals surface area contributed by atoms with Crippen molar-refractivity contribution in [3.05, 3.63) is 59.7 Å². The van der Waals surface area contributed by atoms with Gasteiger partial charge in [-0.25, -0.2) is 4.79 Å². The molecule has 0 radical (unpaired) electrons. The molecule has 0 aliphatic rings. The lowest BCUT2D eigenvalue weighted by atomic mass is 10.2. The van der Waals surface area contributed by atoms with E-state index < -0.39 is 23.8 Å². The number of phenols is 4. The van der Waals surface area contributed by atoms with E-state index in [0.717, 1.165) is 12.2 Å². The van der Waals surface area contributed by atoms with Crippen LogP contribution in [0.2, 0.25) is 0 Å². The fourth-order valence-corrected chi connectivity index (χ4v) is 2.31. The van der Waals surface area contributed by atoms with Gasteiger partial charge in [0.1, 0.15) is 6.04 Å². The molecule has 1 unspecified atom stereocenters. The van der Waals surface area contributed by atoms with E-state index in [1.54, 1.807) is 0 Å². The third-order valence-electron chi connectivity index (χ3n) is 3.95. The summed E-state index contributed by atoms with van der Waals surface area (Å²) in [5, 5.41) is 51.1. The molecule has 0 bridgehead atoms. The third kappa shape index (κ3) is 7.13. The maximum atomic E-state index is 12.0. The number of aliphatic carboxylic acids is 1. The molecule has 0 fully saturated rings. The molecule has 2 amide bonds. The highest BCUT2D eigenvalue weighted by Gasteiger charge is 2.19. The van der Waals surface area contributed by atoms with Crippen LogP contribution in [0.5, 0.6) is 23.0 Å². The lowest BCUT2D eigenvalue weighted by molar-refractivity contribution is -0.141. The first-order valence-corrected chi connectivity index (χ1v) is 8.87. The first-order valence-electron chi connectivity index (χ1n) is 8.87. The van der Waals surface area contributed by atoms with Gasteiger partial charge in [-0.3, -0.25) is 9.59 Å². The van der Waals surface area contributed by atoms with Gasteiger partial charge in [-0.15, -0.1) is 0 Å². The zero-order valence-electron chi connectivity index (χ0n) is 16.0. The van der Waals surface area contributed by atoms with Crippen LogP contribution in [0.4, 0.5) is 0 Å². The Balaban J connectivity index is 1.90. The molecule has 1 atom stereocenters. The molecule has 2 rings (SSSR count). The summed E-state index contributed by atoms with van der Waals surface area (Å²) in [6.45, 7) is -0.390. The Labute approximate surface area is 176 Å². The molecule has 0 aliphatic heterocycles. The molecule has 0 aromatic heterocycles. The summed E-state index contributed by atoms with van der Waals surface area (Å²) in [4.78, 5) is 35.2. The van der Waals surface area contributed by atoms with E-state index in [9.17, 15) is 39.9 Å². The van der Waals surface area contributed by atoms with Gasteiger partial charge < -0.3 is 36.2 Å². The van der Waals surface area contributed by atoms with Crippen LogP contribution < -0.4 is 10.6 Å². The highest BCUT2D eigenvalue weighted by atomic mass is 16.4. The summed E-state index contributed by atoms with van der Waals surface area (Å²) < 4.78 is 0. The van der Waals surface area contributed by atoms with Gasteiger partial charge in [0.05, 0.1) is 0 Å². The first-order chi connectivity index (χ1) is 14.7. The lowest BCUT2D eigenvalue weighted by Gasteiger charge is -2.13. The summed E-state index contributed by atoms with van der Waals surface area (Å²) in [6, 6.07) is 6.42. The fraction of sp³-hybridized carbons (Fsp3) is 0.0952. The second kappa shape index (κ2) is 10.3. The SMILES string of the molecule is O=C(C=Cc1ccc(O)c(O)c1)NCC(NC(=O)C=Cc1ccc(O)c(O)c1)C(=O)O. The molecule has 0 aliphatic carbocycles. The Morgan fingerprint density at radius 3 is 1.71 bits per heavy atom. The lowest BCUT2D eigenvalue weighted by Crippen LogP contribution is -2.47. The number of benzene rings is 2. The quantitative estimate of drug-likeness (QED) is 0.240. The number of carboxylic acid groups (broad SMARTS) is 1. The van der Waals surface area contributed by atoms with Crippen molar-refractivity contribution in [3.63, 3.8) is 0 Å². The van der Waals surface area contributed by atoms with Gasteiger partial charge in [-0.05, 0) is 47.5 Å². The number of carbonyl (C=O) groups is 3. The average molecular weight is 428 g/mol. The van der Waals surface area contributed by atoms with E-state index in [2.05, 4.69) is 10.6 Å². The number of carbonyl (C=O) groups excluding carboxylic acids is 2. The predicted molar refractivity (Wildman–Crippen MR) is 110 cm³/mol. The maximum Gasteiger partial charge on any atom is 0.328 e. The van der Waals surface area contributed by atoms with Crippen LogP contribution in [0.1, 0.15) is 11.1 Å².